The Hall–Kier alpha value is -3.39. The van der Waals surface area contributed by atoms with Gasteiger partial charge in [-0.15, -0.1) is 0 Å². The van der Waals surface area contributed by atoms with Gasteiger partial charge in [-0.05, 0) is 50.1 Å². The fourth-order valence-electron chi connectivity index (χ4n) is 5.44. The molecule has 1 amide bonds. The molecule has 7 nitrogen and oxygen atoms in total. The number of nitrogens with zero attached hydrogens (tertiary/aromatic N) is 2. The Morgan fingerprint density at radius 2 is 1.82 bits per heavy atom. The number of likely N-dealkylation sites (N-methyl/N-ethyl adjacent to an activating group) is 1. The lowest BCUT2D eigenvalue weighted by atomic mass is 9.63. The molecule has 1 unspecified atom stereocenters. The van der Waals surface area contributed by atoms with Crippen LogP contribution in [0.15, 0.2) is 75.7 Å². The minimum atomic E-state index is -1.64. The zero-order chi connectivity index (χ0) is 24.2. The fraction of sp³-hybridized carbons (Fsp3) is 0.269. The van der Waals surface area contributed by atoms with Crippen LogP contribution in [0.3, 0.4) is 0 Å². The van der Waals surface area contributed by atoms with E-state index < -0.39 is 11.4 Å². The SMILES string of the molecule is CCOC(=O)C1=C(N)N(c2ccc(Br)cc2)C2=C(C(=O)CCC2)C12C(=O)N(C)c1ccccc12. The van der Waals surface area contributed by atoms with Gasteiger partial charge in [0.2, 0.25) is 5.91 Å². The van der Waals surface area contributed by atoms with Crippen LogP contribution in [0.2, 0.25) is 0 Å². The van der Waals surface area contributed by atoms with E-state index >= 15 is 0 Å². The molecule has 5 rings (SSSR count). The van der Waals surface area contributed by atoms with Gasteiger partial charge >= 0.3 is 5.97 Å². The smallest absolute Gasteiger partial charge is 0.339 e. The van der Waals surface area contributed by atoms with Gasteiger partial charge in [0.1, 0.15) is 16.8 Å². The molecule has 8 heteroatoms. The molecule has 2 N–H and O–H groups in total. The van der Waals surface area contributed by atoms with Crippen molar-refractivity contribution in [2.75, 3.05) is 23.5 Å². The van der Waals surface area contributed by atoms with E-state index in [0.717, 1.165) is 4.47 Å². The third-order valence-corrected chi connectivity index (χ3v) is 7.29. The number of esters is 1. The molecule has 0 fully saturated rings. The number of benzene rings is 2. The number of hydrogen-bond donors (Lipinski definition) is 1. The molecule has 2 aliphatic heterocycles. The highest BCUT2D eigenvalue weighted by molar-refractivity contribution is 9.10. The Labute approximate surface area is 206 Å². The van der Waals surface area contributed by atoms with E-state index in [0.29, 0.717) is 47.5 Å². The number of carbonyl (C=O) groups excluding carboxylic acids is 3. The Morgan fingerprint density at radius 1 is 1.12 bits per heavy atom. The topological polar surface area (TPSA) is 92.9 Å². The molecule has 3 aliphatic rings. The van der Waals surface area contributed by atoms with Crippen LogP contribution in [0.4, 0.5) is 11.4 Å². The fourth-order valence-corrected chi connectivity index (χ4v) is 5.70. The standard InChI is InChI=1S/C26H24BrN3O4/c1-3-34-24(32)22-23(28)30(16-13-11-15(27)12-14-16)19-9-6-10-20(31)21(19)26(22)17-7-4-5-8-18(17)29(2)25(26)33/h4-5,7-8,11-14H,3,6,9-10,28H2,1-2H3. The van der Waals surface area contributed by atoms with Crippen molar-refractivity contribution in [3.05, 3.63) is 81.2 Å². The van der Waals surface area contributed by atoms with E-state index in [2.05, 4.69) is 15.9 Å². The third-order valence-electron chi connectivity index (χ3n) is 6.76. The number of allylic oxidation sites excluding steroid dienone is 1. The predicted molar refractivity (Wildman–Crippen MR) is 132 cm³/mol. The first kappa shape index (κ1) is 22.4. The van der Waals surface area contributed by atoms with E-state index in [4.69, 9.17) is 10.5 Å². The largest absolute Gasteiger partial charge is 0.462 e. The normalized spacial score (nSPS) is 21.9. The number of fused-ring (bicyclic) bond motifs is 3. The first-order valence-corrected chi connectivity index (χ1v) is 12.0. The summed E-state index contributed by atoms with van der Waals surface area (Å²) >= 11 is 3.45. The number of ketones is 1. The van der Waals surface area contributed by atoms with Crippen LogP contribution >= 0.6 is 15.9 Å². The highest BCUT2D eigenvalue weighted by Crippen LogP contribution is 2.56. The molecule has 0 saturated heterocycles. The van der Waals surface area contributed by atoms with Gasteiger partial charge in [-0.25, -0.2) is 4.79 Å². The first-order valence-electron chi connectivity index (χ1n) is 11.2. The zero-order valence-corrected chi connectivity index (χ0v) is 20.5. The van der Waals surface area contributed by atoms with Gasteiger partial charge in [0.05, 0.1) is 6.61 Å². The molecule has 2 heterocycles. The quantitative estimate of drug-likeness (QED) is 0.615. The van der Waals surface area contributed by atoms with Gasteiger partial charge in [-0.3, -0.25) is 14.5 Å². The Morgan fingerprint density at radius 3 is 2.53 bits per heavy atom. The van der Waals surface area contributed by atoms with Crippen LogP contribution in [0.5, 0.6) is 0 Å². The summed E-state index contributed by atoms with van der Waals surface area (Å²) in [5.74, 6) is -1.13. The maximum Gasteiger partial charge on any atom is 0.339 e. The Bertz CT molecular complexity index is 1300. The van der Waals surface area contributed by atoms with Crippen molar-refractivity contribution in [1.29, 1.82) is 0 Å². The molecule has 0 aromatic heterocycles. The number of carbonyl (C=O) groups is 3. The third kappa shape index (κ3) is 2.91. The monoisotopic (exact) mass is 521 g/mol. The molecule has 1 atom stereocenters. The van der Waals surface area contributed by atoms with Crippen molar-refractivity contribution in [3.63, 3.8) is 0 Å². The van der Waals surface area contributed by atoms with Crippen LogP contribution in [0, 0.1) is 0 Å². The van der Waals surface area contributed by atoms with Crippen LogP contribution in [0.25, 0.3) is 0 Å². The average Bonchev–Trinajstić information content (AvgIpc) is 3.03. The number of ether oxygens (including phenoxy) is 1. The number of Topliss-reactive ketones (excluding diaryl/α,β-unsaturated/α-hetero) is 1. The summed E-state index contributed by atoms with van der Waals surface area (Å²) in [6.45, 7) is 1.80. The van der Waals surface area contributed by atoms with Crippen molar-refractivity contribution in [2.45, 2.75) is 31.6 Å². The van der Waals surface area contributed by atoms with Gasteiger partial charge in [0, 0.05) is 46.1 Å². The summed E-state index contributed by atoms with van der Waals surface area (Å²) in [5, 5.41) is 0. The molecule has 2 aromatic carbocycles. The Kier molecular flexibility index (Phi) is 5.36. The number of nitrogens with two attached hydrogens (primary N) is 1. The highest BCUT2D eigenvalue weighted by atomic mass is 79.9. The van der Waals surface area contributed by atoms with Crippen LogP contribution in [-0.2, 0) is 24.5 Å². The predicted octanol–water partition coefficient (Wildman–Crippen LogP) is 3.92. The molecule has 0 bridgehead atoms. The van der Waals surface area contributed by atoms with Crippen LogP contribution in [0.1, 0.15) is 31.7 Å². The average molecular weight is 522 g/mol. The zero-order valence-electron chi connectivity index (χ0n) is 18.9. The van der Waals surface area contributed by atoms with Gasteiger partial charge < -0.3 is 15.4 Å². The number of para-hydroxylation sites is 1. The molecule has 174 valence electrons. The molecule has 0 radical (unpaired) electrons. The Balaban J connectivity index is 1.91. The van der Waals surface area contributed by atoms with Crippen LogP contribution < -0.4 is 15.5 Å². The lowest BCUT2D eigenvalue weighted by molar-refractivity contribution is -0.140. The van der Waals surface area contributed by atoms with E-state index in [1.54, 1.807) is 31.0 Å². The summed E-state index contributed by atoms with van der Waals surface area (Å²) in [7, 11) is 1.66. The number of hydrogen-bond acceptors (Lipinski definition) is 6. The second-order valence-corrected chi connectivity index (χ2v) is 9.44. The van der Waals surface area contributed by atoms with Crippen molar-refractivity contribution >= 4 is 45.0 Å². The maximum absolute atomic E-state index is 14.1. The van der Waals surface area contributed by atoms with Crippen molar-refractivity contribution in [2.24, 2.45) is 5.73 Å². The lowest BCUT2D eigenvalue weighted by Crippen LogP contribution is -2.54. The molecule has 2 aromatic rings. The molecular formula is C26H24BrN3O4. The molecule has 1 spiro atoms. The van der Waals surface area contributed by atoms with Gasteiger partial charge in [0.15, 0.2) is 5.78 Å². The second-order valence-electron chi connectivity index (χ2n) is 8.52. The summed E-state index contributed by atoms with van der Waals surface area (Å²) < 4.78 is 6.32. The van der Waals surface area contributed by atoms with E-state index in [1.165, 1.54) is 4.90 Å². The van der Waals surface area contributed by atoms with Gasteiger partial charge in [-0.2, -0.15) is 0 Å². The summed E-state index contributed by atoms with van der Waals surface area (Å²) in [5.41, 5.74) is 8.02. The number of anilines is 2. The van der Waals surface area contributed by atoms with E-state index in [9.17, 15) is 14.4 Å². The minimum Gasteiger partial charge on any atom is -0.462 e. The number of rotatable bonds is 3. The van der Waals surface area contributed by atoms with Gasteiger partial charge in [-0.1, -0.05) is 34.1 Å². The molecule has 34 heavy (non-hydrogen) atoms. The second kappa shape index (κ2) is 8.13. The lowest BCUT2D eigenvalue weighted by Gasteiger charge is -2.44. The van der Waals surface area contributed by atoms with E-state index in [1.807, 2.05) is 36.4 Å². The summed E-state index contributed by atoms with van der Waals surface area (Å²) in [4.78, 5) is 44.5. The van der Waals surface area contributed by atoms with Crippen molar-refractivity contribution < 1.29 is 19.1 Å². The van der Waals surface area contributed by atoms with E-state index in [-0.39, 0.29) is 29.7 Å². The highest BCUT2D eigenvalue weighted by Gasteiger charge is 2.63. The van der Waals surface area contributed by atoms with Gasteiger partial charge in [0.25, 0.3) is 0 Å². The first-order chi connectivity index (χ1) is 16.3. The van der Waals surface area contributed by atoms with Crippen LogP contribution in [-0.4, -0.2) is 31.3 Å². The molecular weight excluding hydrogens is 498 g/mol. The van der Waals surface area contributed by atoms with Crippen molar-refractivity contribution in [1.82, 2.24) is 0 Å². The summed E-state index contributed by atoms with van der Waals surface area (Å²) in [6.07, 6.45) is 1.48. The molecule has 1 aliphatic carbocycles. The maximum atomic E-state index is 14.1. The van der Waals surface area contributed by atoms with Crippen molar-refractivity contribution in [3.8, 4) is 0 Å². The number of amides is 1. The molecule has 0 saturated carbocycles. The minimum absolute atomic E-state index is 0.00642. The number of halogens is 1. The summed E-state index contributed by atoms with van der Waals surface area (Å²) in [6, 6.07) is 14.7.